The molecule has 12 unspecified atom stereocenters. The second-order valence-corrected chi connectivity index (χ2v) is 18.2. The molecule has 9 N–H and O–H groups in total. The Kier molecular flexibility index (Phi) is 36.3. The van der Waals surface area contributed by atoms with E-state index in [0.717, 1.165) is 64.2 Å². The van der Waals surface area contributed by atoms with Crippen LogP contribution in [0.2, 0.25) is 0 Å². The van der Waals surface area contributed by atoms with E-state index < -0.39 is 86.8 Å². The Morgan fingerprint density at radius 1 is 0.544 bits per heavy atom. The van der Waals surface area contributed by atoms with Crippen molar-refractivity contribution in [3.8, 4) is 0 Å². The lowest BCUT2D eigenvalue weighted by Crippen LogP contribution is -2.65. The van der Waals surface area contributed by atoms with Crippen LogP contribution in [0.25, 0.3) is 0 Å². The lowest BCUT2D eigenvalue weighted by atomic mass is 9.97. The van der Waals surface area contributed by atoms with Crippen LogP contribution >= 0.6 is 0 Å². The molecule has 1 amide bonds. The van der Waals surface area contributed by atoms with Crippen molar-refractivity contribution in [3.63, 3.8) is 0 Å². The second-order valence-electron chi connectivity index (χ2n) is 18.2. The average Bonchev–Trinajstić information content (AvgIpc) is 3.34. The molecular weight excluding hydrogens is 871 g/mol. The van der Waals surface area contributed by atoms with Crippen molar-refractivity contribution in [2.24, 2.45) is 0 Å². The maximum Gasteiger partial charge on any atom is 0.220 e. The van der Waals surface area contributed by atoms with E-state index in [1.165, 1.54) is 70.6 Å². The fourth-order valence-corrected chi connectivity index (χ4v) is 8.10. The number of aliphatic hydroxyl groups is 8. The van der Waals surface area contributed by atoms with Crippen molar-refractivity contribution in [1.29, 1.82) is 0 Å². The maximum absolute atomic E-state index is 13.1. The molecule has 2 heterocycles. The van der Waals surface area contributed by atoms with Gasteiger partial charge in [-0.05, 0) is 77.0 Å². The summed E-state index contributed by atoms with van der Waals surface area (Å²) in [4.78, 5) is 13.1. The normalized spacial score (nSPS) is 27.0. The van der Waals surface area contributed by atoms with Crippen LogP contribution in [-0.4, -0.2) is 140 Å². The Hall–Kier alpha value is -2.57. The fourth-order valence-electron chi connectivity index (χ4n) is 8.10. The standard InChI is InChI=1S/C54H93NO13/c1-3-5-7-9-11-13-15-17-18-19-20-21-22-23-24-26-27-29-31-33-35-37-43(58)42(55-46(59)38-36-34-32-30-28-25-16-14-12-10-8-6-4-2)41-65-53-51(64)49(62)52(45(40-57)67-53)68-54-50(63)48(61)47(60)44(39-56)66-54/h6,8,12,14,22-23,25,27-29,35,37,42-45,47-54,56-58,60-64H,3-5,7,9-11,13,15-21,24,26,30-34,36,38-41H2,1-2H3,(H,55,59)/b8-6-,14-12-,23-22+,28-25-,29-27+,37-35+. The van der Waals surface area contributed by atoms with Gasteiger partial charge in [0.25, 0.3) is 0 Å². The van der Waals surface area contributed by atoms with Crippen LogP contribution in [0.1, 0.15) is 168 Å². The average molecular weight is 964 g/mol. The van der Waals surface area contributed by atoms with Gasteiger partial charge in [0, 0.05) is 6.42 Å². The number of nitrogens with one attached hydrogen (secondary N) is 1. The predicted molar refractivity (Wildman–Crippen MR) is 267 cm³/mol. The number of aliphatic hydroxyl groups excluding tert-OH is 8. The number of carbonyl (C=O) groups is 1. The van der Waals surface area contributed by atoms with Crippen LogP contribution in [0.3, 0.4) is 0 Å². The first-order chi connectivity index (χ1) is 33.1. The summed E-state index contributed by atoms with van der Waals surface area (Å²) in [6.45, 7) is 2.61. The SMILES string of the molecule is CC/C=C\C/C=C\C/C=C\CCCCCC(=O)NC(COC1OC(CO)C(OC2OC(CO)C(O)C(O)C2O)C(O)C1O)C(O)/C=C/CC/C=C/CC/C=C/CCCCCCCCCCCCC. The highest BCUT2D eigenvalue weighted by molar-refractivity contribution is 5.76. The highest BCUT2D eigenvalue weighted by Crippen LogP contribution is 2.30. The van der Waals surface area contributed by atoms with E-state index in [-0.39, 0.29) is 18.9 Å². The van der Waals surface area contributed by atoms with Gasteiger partial charge in [-0.25, -0.2) is 0 Å². The highest BCUT2D eigenvalue weighted by Gasteiger charge is 2.51. The van der Waals surface area contributed by atoms with Crippen molar-refractivity contribution in [2.45, 2.75) is 242 Å². The van der Waals surface area contributed by atoms with E-state index in [1.807, 2.05) is 6.08 Å². The van der Waals surface area contributed by atoms with E-state index in [4.69, 9.17) is 18.9 Å². The van der Waals surface area contributed by atoms with Crippen LogP contribution in [0, 0.1) is 0 Å². The molecule has 2 rings (SSSR count). The van der Waals surface area contributed by atoms with Gasteiger partial charge in [0.15, 0.2) is 12.6 Å². The zero-order chi connectivity index (χ0) is 49.6. The number of carbonyl (C=O) groups excluding carboxylic acids is 1. The molecule has 2 fully saturated rings. The Balaban J connectivity index is 1.86. The summed E-state index contributed by atoms with van der Waals surface area (Å²) >= 11 is 0. The summed E-state index contributed by atoms with van der Waals surface area (Å²) in [5.41, 5.74) is 0. The minimum absolute atomic E-state index is 0.231. The quantitative estimate of drug-likeness (QED) is 0.0220. The van der Waals surface area contributed by atoms with E-state index in [0.29, 0.717) is 12.8 Å². The molecule has 68 heavy (non-hydrogen) atoms. The lowest BCUT2D eigenvalue weighted by molar-refractivity contribution is -0.359. The molecule has 392 valence electrons. The van der Waals surface area contributed by atoms with E-state index in [1.54, 1.807) is 6.08 Å². The van der Waals surface area contributed by atoms with Gasteiger partial charge in [0.1, 0.15) is 48.8 Å². The predicted octanol–water partition coefficient (Wildman–Crippen LogP) is 7.21. The first-order valence-electron chi connectivity index (χ1n) is 26.2. The number of amides is 1. The van der Waals surface area contributed by atoms with Gasteiger partial charge < -0.3 is 65.1 Å². The molecule has 0 aromatic heterocycles. The van der Waals surface area contributed by atoms with Crippen LogP contribution in [0.4, 0.5) is 0 Å². The first kappa shape index (κ1) is 61.5. The van der Waals surface area contributed by atoms with Gasteiger partial charge in [-0.2, -0.15) is 0 Å². The monoisotopic (exact) mass is 964 g/mol. The van der Waals surface area contributed by atoms with Crippen molar-refractivity contribution < 1.29 is 64.6 Å². The molecule has 0 bridgehead atoms. The first-order valence-corrected chi connectivity index (χ1v) is 26.2. The third-order valence-corrected chi connectivity index (χ3v) is 12.4. The molecule has 0 radical (unpaired) electrons. The van der Waals surface area contributed by atoms with Crippen LogP contribution in [-0.2, 0) is 23.7 Å². The molecule has 2 aliphatic heterocycles. The maximum atomic E-state index is 13.1. The number of unbranched alkanes of at least 4 members (excludes halogenated alkanes) is 16. The Labute approximate surface area is 408 Å². The molecule has 0 aromatic rings. The number of hydrogen-bond acceptors (Lipinski definition) is 13. The fraction of sp³-hybridized carbons (Fsp3) is 0.759. The smallest absolute Gasteiger partial charge is 0.220 e. The van der Waals surface area contributed by atoms with Crippen molar-refractivity contribution in [2.75, 3.05) is 19.8 Å². The van der Waals surface area contributed by atoms with E-state index in [2.05, 4.69) is 79.9 Å². The molecule has 14 nitrogen and oxygen atoms in total. The molecule has 14 heteroatoms. The lowest BCUT2D eigenvalue weighted by Gasteiger charge is -2.46. The third-order valence-electron chi connectivity index (χ3n) is 12.4. The number of hydrogen-bond donors (Lipinski definition) is 9. The molecule has 2 aliphatic rings. The van der Waals surface area contributed by atoms with Gasteiger partial charge in [0.2, 0.25) is 5.91 Å². The second kappa shape index (κ2) is 40.1. The zero-order valence-electron chi connectivity index (χ0n) is 41.6. The van der Waals surface area contributed by atoms with Gasteiger partial charge >= 0.3 is 0 Å². The van der Waals surface area contributed by atoms with Gasteiger partial charge in [-0.1, -0.05) is 157 Å². The summed E-state index contributed by atoms with van der Waals surface area (Å²) in [5, 5.41) is 86.7. The Morgan fingerprint density at radius 3 is 1.62 bits per heavy atom. The van der Waals surface area contributed by atoms with Crippen LogP contribution in [0.15, 0.2) is 72.9 Å². The van der Waals surface area contributed by atoms with Crippen molar-refractivity contribution in [3.05, 3.63) is 72.9 Å². The van der Waals surface area contributed by atoms with Crippen molar-refractivity contribution in [1.82, 2.24) is 5.32 Å². The molecule has 2 saturated heterocycles. The summed E-state index contributed by atoms with van der Waals surface area (Å²) in [6, 6.07) is -0.955. The summed E-state index contributed by atoms with van der Waals surface area (Å²) in [7, 11) is 0. The van der Waals surface area contributed by atoms with Crippen molar-refractivity contribution >= 4 is 5.91 Å². The molecular formula is C54H93NO13. The molecule has 0 aromatic carbocycles. The summed E-state index contributed by atoms with van der Waals surface area (Å²) in [6.07, 6.45) is 33.8. The number of allylic oxidation sites excluding steroid dienone is 11. The molecule has 12 atom stereocenters. The third kappa shape index (κ3) is 26.6. The van der Waals surface area contributed by atoms with E-state index >= 15 is 0 Å². The van der Waals surface area contributed by atoms with E-state index in [9.17, 15) is 45.6 Å². The van der Waals surface area contributed by atoms with Crippen LogP contribution in [0.5, 0.6) is 0 Å². The topological polar surface area (TPSA) is 228 Å². The highest BCUT2D eigenvalue weighted by atomic mass is 16.7. The van der Waals surface area contributed by atoms with Gasteiger partial charge in [0.05, 0.1) is 32.0 Å². The Morgan fingerprint density at radius 2 is 1.03 bits per heavy atom. The minimum atomic E-state index is -1.80. The van der Waals surface area contributed by atoms with Gasteiger partial charge in [-0.15, -0.1) is 0 Å². The summed E-state index contributed by atoms with van der Waals surface area (Å²) < 4.78 is 22.6. The number of ether oxygens (including phenoxy) is 4. The Bertz CT molecular complexity index is 1420. The van der Waals surface area contributed by atoms with Crippen LogP contribution < -0.4 is 5.32 Å². The largest absolute Gasteiger partial charge is 0.394 e. The molecule has 0 spiro atoms. The number of rotatable bonds is 39. The molecule has 0 saturated carbocycles. The van der Waals surface area contributed by atoms with Gasteiger partial charge in [-0.3, -0.25) is 4.79 Å². The minimum Gasteiger partial charge on any atom is -0.394 e. The summed E-state index contributed by atoms with van der Waals surface area (Å²) in [5.74, 6) is -0.286. The zero-order valence-corrected chi connectivity index (χ0v) is 41.6. The molecule has 0 aliphatic carbocycles.